The van der Waals surface area contributed by atoms with Gasteiger partial charge in [0.25, 0.3) is 0 Å². The molecule has 2 saturated heterocycles. The Kier molecular flexibility index (Phi) is 5.69. The smallest absolute Gasteiger partial charge is 0.225 e. The monoisotopic (exact) mass is 333 g/mol. The summed E-state index contributed by atoms with van der Waals surface area (Å²) in [5, 5.41) is 9.83. The number of hydrogen-bond acceptors (Lipinski definition) is 6. The Morgan fingerprint density at radius 3 is 2.17 bits per heavy atom. The van der Waals surface area contributed by atoms with Crippen molar-refractivity contribution in [1.29, 1.82) is 0 Å². The van der Waals surface area contributed by atoms with Gasteiger partial charge >= 0.3 is 0 Å². The summed E-state index contributed by atoms with van der Waals surface area (Å²) in [5.74, 6) is 1.63. The predicted molar refractivity (Wildman–Crippen MR) is 96.3 cm³/mol. The second kappa shape index (κ2) is 7.76. The predicted octanol–water partition coefficient (Wildman–Crippen LogP) is 0.776. The highest BCUT2D eigenvalue weighted by molar-refractivity contribution is 5.34. The van der Waals surface area contributed by atoms with E-state index in [9.17, 15) is 5.11 Å². The van der Waals surface area contributed by atoms with Crippen LogP contribution in [0.2, 0.25) is 0 Å². The molecule has 3 rings (SSSR count). The van der Waals surface area contributed by atoms with Crippen LogP contribution in [0.25, 0.3) is 0 Å². The van der Waals surface area contributed by atoms with Crippen LogP contribution in [0.15, 0.2) is 6.07 Å². The fraction of sp³-hybridized carbons (Fsp3) is 0.778. The van der Waals surface area contributed by atoms with Crippen LogP contribution in [0.1, 0.15) is 18.3 Å². The van der Waals surface area contributed by atoms with Gasteiger partial charge in [-0.1, -0.05) is 6.92 Å². The Morgan fingerprint density at radius 1 is 1.00 bits per heavy atom. The van der Waals surface area contributed by atoms with Gasteiger partial charge in [-0.2, -0.15) is 0 Å². The highest BCUT2D eigenvalue weighted by Gasteiger charge is 2.35. The van der Waals surface area contributed by atoms with E-state index in [4.69, 9.17) is 0 Å². The number of rotatable bonds is 5. The number of piperazine rings is 1. The van der Waals surface area contributed by atoms with Gasteiger partial charge in [-0.3, -0.25) is 0 Å². The van der Waals surface area contributed by atoms with Crippen LogP contribution in [0.5, 0.6) is 0 Å². The lowest BCUT2D eigenvalue weighted by Gasteiger charge is -2.36. The maximum Gasteiger partial charge on any atom is 0.225 e. The standard InChI is InChI=1S/C18H31N5O/c1-4-21-5-7-22(8-6-21)10-16-11-23(12-17(16)13-24)18-19-14(2)9-15(3)20-18/h9,16-17,24H,4-8,10-13H2,1-3H3. The van der Waals surface area contributed by atoms with E-state index in [-0.39, 0.29) is 6.61 Å². The molecule has 6 heteroatoms. The van der Waals surface area contributed by atoms with Crippen molar-refractivity contribution in [2.24, 2.45) is 11.8 Å². The van der Waals surface area contributed by atoms with Gasteiger partial charge in [-0.15, -0.1) is 0 Å². The highest BCUT2D eigenvalue weighted by Crippen LogP contribution is 2.27. The van der Waals surface area contributed by atoms with Crippen molar-refractivity contribution in [3.63, 3.8) is 0 Å². The Morgan fingerprint density at radius 2 is 1.58 bits per heavy atom. The number of anilines is 1. The molecule has 134 valence electrons. The van der Waals surface area contributed by atoms with Gasteiger partial charge in [0, 0.05) is 69.7 Å². The van der Waals surface area contributed by atoms with E-state index in [0.717, 1.165) is 69.7 Å². The molecule has 2 fully saturated rings. The van der Waals surface area contributed by atoms with Gasteiger partial charge in [0.05, 0.1) is 0 Å². The molecule has 0 aromatic carbocycles. The molecule has 0 saturated carbocycles. The summed E-state index contributed by atoms with van der Waals surface area (Å²) < 4.78 is 0. The molecule has 2 unspecified atom stereocenters. The number of hydrogen-bond donors (Lipinski definition) is 1. The van der Waals surface area contributed by atoms with E-state index in [0.29, 0.717) is 11.8 Å². The van der Waals surface area contributed by atoms with Crippen molar-refractivity contribution in [3.8, 4) is 0 Å². The van der Waals surface area contributed by atoms with Crippen molar-refractivity contribution >= 4 is 5.95 Å². The van der Waals surface area contributed by atoms with E-state index in [2.05, 4.69) is 31.6 Å². The fourth-order valence-corrected chi connectivity index (χ4v) is 3.98. The van der Waals surface area contributed by atoms with Gasteiger partial charge < -0.3 is 19.8 Å². The Hall–Kier alpha value is -1.24. The minimum Gasteiger partial charge on any atom is -0.396 e. The molecule has 0 aliphatic carbocycles. The normalized spacial score (nSPS) is 26.2. The van der Waals surface area contributed by atoms with Gasteiger partial charge in [-0.25, -0.2) is 9.97 Å². The van der Waals surface area contributed by atoms with Crippen LogP contribution in [-0.4, -0.2) is 83.8 Å². The molecule has 2 aliphatic heterocycles. The Balaban J connectivity index is 1.62. The van der Waals surface area contributed by atoms with Gasteiger partial charge in [-0.05, 0) is 32.4 Å². The molecule has 24 heavy (non-hydrogen) atoms. The summed E-state index contributed by atoms with van der Waals surface area (Å²) in [6, 6.07) is 2.01. The number of aromatic nitrogens is 2. The third kappa shape index (κ3) is 4.05. The third-order valence-corrected chi connectivity index (χ3v) is 5.47. The molecule has 2 aliphatic rings. The van der Waals surface area contributed by atoms with Crippen LogP contribution >= 0.6 is 0 Å². The van der Waals surface area contributed by atoms with Gasteiger partial charge in [0.2, 0.25) is 5.95 Å². The van der Waals surface area contributed by atoms with Crippen molar-refractivity contribution in [2.45, 2.75) is 20.8 Å². The van der Waals surface area contributed by atoms with Crippen LogP contribution < -0.4 is 4.90 Å². The first kappa shape index (κ1) is 17.6. The zero-order chi connectivity index (χ0) is 17.1. The number of nitrogens with zero attached hydrogens (tertiary/aromatic N) is 5. The first-order valence-electron chi connectivity index (χ1n) is 9.21. The molecule has 1 N–H and O–H groups in total. The highest BCUT2D eigenvalue weighted by atomic mass is 16.3. The summed E-state index contributed by atoms with van der Waals surface area (Å²) in [4.78, 5) is 16.5. The Labute approximate surface area is 145 Å². The number of aliphatic hydroxyl groups excluding tert-OH is 1. The molecule has 1 aromatic heterocycles. The molecule has 0 amide bonds. The molecule has 0 spiro atoms. The molecule has 3 heterocycles. The van der Waals surface area contributed by atoms with Crippen molar-refractivity contribution in [1.82, 2.24) is 19.8 Å². The molecule has 6 nitrogen and oxygen atoms in total. The topological polar surface area (TPSA) is 55.7 Å². The van der Waals surface area contributed by atoms with Crippen LogP contribution in [0, 0.1) is 25.7 Å². The zero-order valence-electron chi connectivity index (χ0n) is 15.3. The largest absolute Gasteiger partial charge is 0.396 e. The van der Waals surface area contributed by atoms with E-state index in [1.54, 1.807) is 0 Å². The SMILES string of the molecule is CCN1CCN(CC2CN(c3nc(C)cc(C)n3)CC2CO)CC1. The lowest BCUT2D eigenvalue weighted by Crippen LogP contribution is -2.48. The minimum atomic E-state index is 0.251. The van der Waals surface area contributed by atoms with Crippen LogP contribution in [0.4, 0.5) is 5.95 Å². The quantitative estimate of drug-likeness (QED) is 0.859. The van der Waals surface area contributed by atoms with E-state index < -0.39 is 0 Å². The average Bonchev–Trinajstić information content (AvgIpc) is 2.97. The number of likely N-dealkylation sites (N-methyl/N-ethyl adjacent to an activating group) is 1. The molecular formula is C18H31N5O. The molecular weight excluding hydrogens is 302 g/mol. The van der Waals surface area contributed by atoms with Gasteiger partial charge in [0.1, 0.15) is 0 Å². The summed E-state index contributed by atoms with van der Waals surface area (Å²) in [5.41, 5.74) is 2.02. The summed E-state index contributed by atoms with van der Waals surface area (Å²) in [6.07, 6.45) is 0. The number of aryl methyl sites for hydroxylation is 2. The Bertz CT molecular complexity index is 524. The maximum atomic E-state index is 9.83. The van der Waals surface area contributed by atoms with E-state index in [1.165, 1.54) is 0 Å². The molecule has 1 aromatic rings. The molecule has 2 atom stereocenters. The molecule has 0 bridgehead atoms. The second-order valence-electron chi connectivity index (χ2n) is 7.29. The van der Waals surface area contributed by atoms with E-state index in [1.807, 2.05) is 19.9 Å². The first-order valence-corrected chi connectivity index (χ1v) is 9.21. The van der Waals surface area contributed by atoms with Crippen molar-refractivity contribution < 1.29 is 5.11 Å². The van der Waals surface area contributed by atoms with Gasteiger partial charge in [0.15, 0.2) is 0 Å². The summed E-state index contributed by atoms with van der Waals surface area (Å²) in [7, 11) is 0. The van der Waals surface area contributed by atoms with Crippen LogP contribution in [0.3, 0.4) is 0 Å². The summed E-state index contributed by atoms with van der Waals surface area (Å²) >= 11 is 0. The zero-order valence-corrected chi connectivity index (χ0v) is 15.3. The lowest BCUT2D eigenvalue weighted by molar-refractivity contribution is 0.106. The first-order chi connectivity index (χ1) is 11.6. The minimum absolute atomic E-state index is 0.251. The van der Waals surface area contributed by atoms with Crippen molar-refractivity contribution in [3.05, 3.63) is 17.5 Å². The van der Waals surface area contributed by atoms with E-state index >= 15 is 0 Å². The maximum absolute atomic E-state index is 9.83. The third-order valence-electron chi connectivity index (χ3n) is 5.47. The average molecular weight is 333 g/mol. The van der Waals surface area contributed by atoms with Crippen molar-refractivity contribution in [2.75, 3.05) is 63.9 Å². The second-order valence-corrected chi connectivity index (χ2v) is 7.29. The number of aliphatic hydroxyl groups is 1. The summed E-state index contributed by atoms with van der Waals surface area (Å²) in [6.45, 7) is 15.2. The lowest BCUT2D eigenvalue weighted by atomic mass is 9.96. The van der Waals surface area contributed by atoms with Crippen LogP contribution in [-0.2, 0) is 0 Å². The molecule has 0 radical (unpaired) electrons. The fourth-order valence-electron chi connectivity index (χ4n) is 3.98.